The van der Waals surface area contributed by atoms with E-state index >= 15 is 0 Å². The minimum Gasteiger partial charge on any atom is -0.378 e. The molecule has 2 rings (SSSR count). The smallest absolute Gasteiger partial charge is 0.222 e. The highest BCUT2D eigenvalue weighted by Crippen LogP contribution is 2.08. The predicted octanol–water partition coefficient (Wildman–Crippen LogP) is 1.80. The number of hydrogen-bond donors (Lipinski definition) is 0. The Bertz CT molecular complexity index is 411. The Kier molecular flexibility index (Phi) is 6.05. The van der Waals surface area contributed by atoms with Crippen molar-refractivity contribution in [1.29, 1.82) is 0 Å². The summed E-state index contributed by atoms with van der Waals surface area (Å²) in [6.07, 6.45) is 9.84. The summed E-state index contributed by atoms with van der Waals surface area (Å²) in [4.78, 5) is 17.9. The second kappa shape index (κ2) is 8.04. The van der Waals surface area contributed by atoms with E-state index in [0.717, 1.165) is 51.1 Å². The zero-order valence-electron chi connectivity index (χ0n) is 12.3. The van der Waals surface area contributed by atoms with Gasteiger partial charge in [0.2, 0.25) is 5.91 Å². The van der Waals surface area contributed by atoms with E-state index in [4.69, 9.17) is 4.74 Å². The monoisotopic (exact) mass is 278 g/mol. The van der Waals surface area contributed by atoms with Crippen LogP contribution in [0.1, 0.15) is 37.9 Å². The van der Waals surface area contributed by atoms with Crippen LogP contribution in [-0.4, -0.2) is 46.7 Å². The van der Waals surface area contributed by atoms with Crippen LogP contribution >= 0.6 is 0 Å². The molecule has 5 heteroatoms. The predicted molar refractivity (Wildman–Crippen MR) is 76.3 cm³/mol. The molecule has 1 fully saturated rings. The van der Waals surface area contributed by atoms with E-state index in [9.17, 15) is 4.79 Å². The minimum absolute atomic E-state index is 0.286. The highest BCUT2D eigenvalue weighted by atomic mass is 16.5. The molecule has 0 unspecified atom stereocenters. The van der Waals surface area contributed by atoms with Crippen LogP contribution in [0.15, 0.2) is 6.20 Å². The average molecular weight is 278 g/mol. The van der Waals surface area contributed by atoms with Crippen LogP contribution in [0.25, 0.3) is 0 Å². The molecule has 0 atom stereocenters. The van der Waals surface area contributed by atoms with E-state index in [-0.39, 0.29) is 5.91 Å². The largest absolute Gasteiger partial charge is 0.378 e. The van der Waals surface area contributed by atoms with Crippen molar-refractivity contribution in [3.8, 4) is 0 Å². The fourth-order valence-electron chi connectivity index (χ4n) is 2.46. The molecule has 1 amide bonds. The molecular weight excluding hydrogens is 254 g/mol. The van der Waals surface area contributed by atoms with Crippen LogP contribution in [0, 0.1) is 13.1 Å². The van der Waals surface area contributed by atoms with Crippen molar-refractivity contribution in [3.63, 3.8) is 0 Å². The van der Waals surface area contributed by atoms with Crippen molar-refractivity contribution in [2.24, 2.45) is 0 Å². The molecule has 2 heterocycles. The number of nitrogens with zero attached hydrogens (tertiary/aromatic N) is 3. The normalized spacial score (nSPS) is 15.6. The fourth-order valence-corrected chi connectivity index (χ4v) is 2.46. The van der Waals surface area contributed by atoms with Crippen molar-refractivity contribution in [1.82, 2.24) is 14.5 Å². The van der Waals surface area contributed by atoms with Gasteiger partial charge < -0.3 is 14.2 Å². The van der Waals surface area contributed by atoms with Gasteiger partial charge in [0.1, 0.15) is 12.0 Å². The quantitative estimate of drug-likeness (QED) is 0.715. The molecule has 0 saturated carbocycles. The molecule has 1 radical (unpaired) electrons. The van der Waals surface area contributed by atoms with E-state index in [2.05, 4.69) is 15.7 Å². The Balaban J connectivity index is 1.51. The highest BCUT2D eigenvalue weighted by Gasteiger charge is 2.15. The molecular formula is C15H24N3O2. The molecule has 20 heavy (non-hydrogen) atoms. The van der Waals surface area contributed by atoms with Crippen LogP contribution < -0.4 is 0 Å². The number of hydrogen-bond acceptors (Lipinski definition) is 3. The Hall–Kier alpha value is -1.36. The summed E-state index contributed by atoms with van der Waals surface area (Å²) < 4.78 is 7.37. The number of aromatic nitrogens is 2. The maximum atomic E-state index is 11.9. The summed E-state index contributed by atoms with van der Waals surface area (Å²) in [5.41, 5.74) is 0. The molecule has 5 nitrogen and oxygen atoms in total. The van der Waals surface area contributed by atoms with Crippen LogP contribution in [-0.2, 0) is 16.1 Å². The molecule has 1 aliphatic rings. The number of aryl methyl sites for hydroxylation is 2. The second-order valence-corrected chi connectivity index (χ2v) is 5.27. The SMILES string of the molecule is Cc1n[c]cn1CCCCCCC(=O)N1CCOCC1. The van der Waals surface area contributed by atoms with Crippen molar-refractivity contribution >= 4 is 5.91 Å². The van der Waals surface area contributed by atoms with Gasteiger partial charge in [0.25, 0.3) is 0 Å². The van der Waals surface area contributed by atoms with Gasteiger partial charge in [-0.15, -0.1) is 0 Å². The van der Waals surface area contributed by atoms with E-state index in [1.54, 1.807) is 0 Å². The number of unbranched alkanes of at least 4 members (excludes halogenated alkanes) is 3. The first-order chi connectivity index (χ1) is 9.77. The Labute approximate surface area is 120 Å². The van der Waals surface area contributed by atoms with Gasteiger partial charge in [-0.3, -0.25) is 4.79 Å². The molecule has 0 N–H and O–H groups in total. The van der Waals surface area contributed by atoms with E-state index in [1.165, 1.54) is 0 Å². The lowest BCUT2D eigenvalue weighted by Crippen LogP contribution is -2.40. The van der Waals surface area contributed by atoms with Crippen molar-refractivity contribution in [3.05, 3.63) is 18.2 Å². The van der Waals surface area contributed by atoms with E-state index in [1.807, 2.05) is 18.0 Å². The third-order valence-electron chi connectivity index (χ3n) is 3.76. The summed E-state index contributed by atoms with van der Waals surface area (Å²) in [6, 6.07) is 0. The molecule has 1 aromatic rings. The number of ether oxygens (including phenoxy) is 1. The Morgan fingerprint density at radius 1 is 1.30 bits per heavy atom. The van der Waals surface area contributed by atoms with Gasteiger partial charge in [-0.2, -0.15) is 0 Å². The lowest BCUT2D eigenvalue weighted by Gasteiger charge is -2.26. The Morgan fingerprint density at radius 3 is 2.75 bits per heavy atom. The van der Waals surface area contributed by atoms with Crippen molar-refractivity contribution in [2.45, 2.75) is 45.6 Å². The number of carbonyl (C=O) groups is 1. The number of amides is 1. The molecule has 0 spiro atoms. The summed E-state index contributed by atoms with van der Waals surface area (Å²) in [7, 11) is 0. The lowest BCUT2D eigenvalue weighted by atomic mass is 10.1. The van der Waals surface area contributed by atoms with Crippen LogP contribution in [0.2, 0.25) is 0 Å². The summed E-state index contributed by atoms with van der Waals surface area (Å²) in [6.45, 7) is 5.89. The standard InChI is InChI=1S/C15H24N3O2/c1-14-16-7-9-17(14)8-5-3-2-4-6-15(19)18-10-12-20-13-11-18/h9H,2-6,8,10-13H2,1H3. The third-order valence-corrected chi connectivity index (χ3v) is 3.76. The minimum atomic E-state index is 0.286. The van der Waals surface area contributed by atoms with Gasteiger partial charge in [-0.25, -0.2) is 4.98 Å². The van der Waals surface area contributed by atoms with Gasteiger partial charge in [0.15, 0.2) is 0 Å². The van der Waals surface area contributed by atoms with Crippen molar-refractivity contribution < 1.29 is 9.53 Å². The number of morpholine rings is 1. The second-order valence-electron chi connectivity index (χ2n) is 5.27. The summed E-state index contributed by atoms with van der Waals surface area (Å²) in [5.74, 6) is 1.31. The van der Waals surface area contributed by atoms with Crippen LogP contribution in [0.5, 0.6) is 0 Å². The van der Waals surface area contributed by atoms with Gasteiger partial charge in [0, 0.05) is 32.3 Å². The summed E-state index contributed by atoms with van der Waals surface area (Å²) >= 11 is 0. The molecule has 0 aromatic carbocycles. The third kappa shape index (κ3) is 4.63. The first kappa shape index (κ1) is 15.0. The molecule has 1 aliphatic heterocycles. The van der Waals surface area contributed by atoms with E-state index < -0.39 is 0 Å². The molecule has 0 aliphatic carbocycles. The number of rotatable bonds is 7. The molecule has 1 aromatic heterocycles. The first-order valence-corrected chi connectivity index (χ1v) is 7.53. The zero-order chi connectivity index (χ0) is 14.2. The maximum absolute atomic E-state index is 11.9. The lowest BCUT2D eigenvalue weighted by molar-refractivity contribution is -0.135. The van der Waals surface area contributed by atoms with Gasteiger partial charge in [-0.1, -0.05) is 12.8 Å². The molecule has 1 saturated heterocycles. The van der Waals surface area contributed by atoms with Gasteiger partial charge >= 0.3 is 0 Å². The Morgan fingerprint density at radius 2 is 2.05 bits per heavy atom. The fraction of sp³-hybridized carbons (Fsp3) is 0.733. The average Bonchev–Trinajstić information content (AvgIpc) is 2.89. The topological polar surface area (TPSA) is 47.4 Å². The van der Waals surface area contributed by atoms with Crippen LogP contribution in [0.4, 0.5) is 0 Å². The van der Waals surface area contributed by atoms with Crippen molar-refractivity contribution in [2.75, 3.05) is 26.3 Å². The molecule has 111 valence electrons. The zero-order valence-corrected chi connectivity index (χ0v) is 12.3. The first-order valence-electron chi connectivity index (χ1n) is 7.53. The highest BCUT2D eigenvalue weighted by molar-refractivity contribution is 5.76. The van der Waals surface area contributed by atoms with Crippen LogP contribution in [0.3, 0.4) is 0 Å². The molecule has 0 bridgehead atoms. The van der Waals surface area contributed by atoms with Gasteiger partial charge in [0.05, 0.1) is 13.2 Å². The number of imidazole rings is 1. The summed E-state index contributed by atoms with van der Waals surface area (Å²) in [5, 5.41) is 0. The van der Waals surface area contributed by atoms with E-state index in [0.29, 0.717) is 19.6 Å². The number of carbonyl (C=O) groups excluding carboxylic acids is 1. The van der Waals surface area contributed by atoms with Gasteiger partial charge in [-0.05, 0) is 19.8 Å². The maximum Gasteiger partial charge on any atom is 0.222 e.